The quantitative estimate of drug-likeness (QED) is 0.425. The van der Waals surface area contributed by atoms with Crippen LogP contribution in [0.4, 0.5) is 8.78 Å². The summed E-state index contributed by atoms with van der Waals surface area (Å²) in [6.45, 7) is -0.816. The molecule has 2 aromatic heterocycles. The highest BCUT2D eigenvalue weighted by Crippen LogP contribution is 2.26. The molecule has 0 fully saturated rings. The Morgan fingerprint density at radius 1 is 1.10 bits per heavy atom. The van der Waals surface area contributed by atoms with Gasteiger partial charge in [0.1, 0.15) is 5.75 Å². The summed E-state index contributed by atoms with van der Waals surface area (Å²) in [6.07, 6.45) is 3.66. The second-order valence-corrected chi connectivity index (χ2v) is 6.98. The van der Waals surface area contributed by atoms with Crippen LogP contribution >= 0.6 is 11.8 Å². The summed E-state index contributed by atoms with van der Waals surface area (Å²) in [5, 5.41) is 12.6. The maximum absolute atomic E-state index is 12.3. The molecule has 0 N–H and O–H groups in total. The van der Waals surface area contributed by atoms with Crippen LogP contribution < -0.4 is 4.74 Å². The summed E-state index contributed by atoms with van der Waals surface area (Å²) < 4.78 is 32.5. The zero-order valence-corrected chi connectivity index (χ0v) is 16.1. The van der Waals surface area contributed by atoms with Gasteiger partial charge in [-0.3, -0.25) is 4.57 Å². The van der Waals surface area contributed by atoms with Gasteiger partial charge in [-0.15, -0.1) is 5.10 Å². The van der Waals surface area contributed by atoms with E-state index in [9.17, 15) is 8.78 Å². The fourth-order valence-electron chi connectivity index (χ4n) is 2.81. The van der Waals surface area contributed by atoms with E-state index in [0.29, 0.717) is 17.3 Å². The van der Waals surface area contributed by atoms with Crippen LogP contribution in [-0.4, -0.2) is 36.4 Å². The van der Waals surface area contributed by atoms with Gasteiger partial charge in [0.15, 0.2) is 11.0 Å². The number of tetrazole rings is 1. The fraction of sp³-hybridized carbons (Fsp3) is 0.158. The highest BCUT2D eigenvalue weighted by atomic mass is 32.2. The number of ether oxygens (including phenoxy) is 1. The summed E-state index contributed by atoms with van der Waals surface area (Å²) in [7, 11) is 0. The van der Waals surface area contributed by atoms with E-state index in [1.807, 2.05) is 42.0 Å². The monoisotopic (exact) mass is 414 g/mol. The maximum Gasteiger partial charge on any atom is 0.387 e. The van der Waals surface area contributed by atoms with Crippen LogP contribution in [0.3, 0.4) is 0 Å². The van der Waals surface area contributed by atoms with Crippen molar-refractivity contribution in [2.75, 3.05) is 0 Å². The standard InChI is InChI=1S/C19H16F2N6OS/c1-13-4-2-3-5-16(13)26-11-10-22-19(26)29-12-17-23-24-25-27(17)14-6-8-15(9-7-14)28-18(20)21/h2-11,18H,12H2,1H3. The van der Waals surface area contributed by atoms with Crippen LogP contribution in [0, 0.1) is 6.92 Å². The lowest BCUT2D eigenvalue weighted by molar-refractivity contribution is -0.0498. The number of para-hydroxylation sites is 1. The molecule has 4 aromatic rings. The van der Waals surface area contributed by atoms with Gasteiger partial charge in [-0.2, -0.15) is 13.5 Å². The number of aromatic nitrogens is 6. The molecule has 0 saturated heterocycles. The van der Waals surface area contributed by atoms with Gasteiger partial charge in [0, 0.05) is 12.4 Å². The molecule has 10 heteroatoms. The van der Waals surface area contributed by atoms with Crippen molar-refractivity contribution in [2.45, 2.75) is 24.4 Å². The fourth-order valence-corrected chi connectivity index (χ4v) is 3.68. The van der Waals surface area contributed by atoms with Crippen molar-refractivity contribution in [1.29, 1.82) is 0 Å². The number of rotatable bonds is 7. The summed E-state index contributed by atoms with van der Waals surface area (Å²) in [4.78, 5) is 4.44. The molecule has 0 bridgehead atoms. The minimum absolute atomic E-state index is 0.0769. The number of alkyl halides is 2. The summed E-state index contributed by atoms with van der Waals surface area (Å²) in [5.74, 6) is 1.16. The number of halogens is 2. The van der Waals surface area contributed by atoms with E-state index in [1.165, 1.54) is 23.9 Å². The number of aryl methyl sites for hydroxylation is 1. The SMILES string of the molecule is Cc1ccccc1-n1ccnc1SCc1nnnn1-c1ccc(OC(F)F)cc1. The molecule has 2 aromatic carbocycles. The molecule has 0 aliphatic heterocycles. The second-order valence-electron chi connectivity index (χ2n) is 6.03. The van der Waals surface area contributed by atoms with Crippen molar-refractivity contribution in [1.82, 2.24) is 29.8 Å². The van der Waals surface area contributed by atoms with E-state index in [2.05, 4.69) is 25.2 Å². The average Bonchev–Trinajstić information content (AvgIpc) is 3.36. The average molecular weight is 414 g/mol. The zero-order valence-electron chi connectivity index (χ0n) is 15.3. The van der Waals surface area contributed by atoms with Gasteiger partial charge in [-0.25, -0.2) is 4.98 Å². The Kier molecular flexibility index (Phi) is 5.52. The van der Waals surface area contributed by atoms with E-state index >= 15 is 0 Å². The molecule has 0 aliphatic rings. The normalized spacial score (nSPS) is 11.2. The minimum Gasteiger partial charge on any atom is -0.435 e. The van der Waals surface area contributed by atoms with E-state index in [0.717, 1.165) is 16.4 Å². The summed E-state index contributed by atoms with van der Waals surface area (Å²) in [6, 6.07) is 14.2. The molecule has 0 radical (unpaired) electrons. The van der Waals surface area contributed by atoms with Crippen LogP contribution in [-0.2, 0) is 5.75 Å². The van der Waals surface area contributed by atoms with Crippen molar-refractivity contribution in [3.8, 4) is 17.1 Å². The zero-order chi connectivity index (χ0) is 20.2. The number of benzene rings is 2. The smallest absolute Gasteiger partial charge is 0.387 e. The van der Waals surface area contributed by atoms with E-state index < -0.39 is 6.61 Å². The Balaban J connectivity index is 1.51. The van der Waals surface area contributed by atoms with Gasteiger partial charge >= 0.3 is 6.61 Å². The van der Waals surface area contributed by atoms with Crippen LogP contribution in [0.15, 0.2) is 66.1 Å². The molecule has 0 unspecified atom stereocenters. The Hall–Kier alpha value is -3.27. The first-order chi connectivity index (χ1) is 14.1. The molecule has 0 spiro atoms. The third-order valence-corrected chi connectivity index (χ3v) is 5.12. The molecule has 7 nitrogen and oxygen atoms in total. The lowest BCUT2D eigenvalue weighted by Gasteiger charge is -2.10. The molecule has 0 amide bonds. The molecular formula is C19H16F2N6OS. The lowest BCUT2D eigenvalue weighted by Crippen LogP contribution is -2.04. The highest BCUT2D eigenvalue weighted by Gasteiger charge is 2.13. The van der Waals surface area contributed by atoms with Crippen LogP contribution in [0.1, 0.15) is 11.4 Å². The Bertz CT molecular complexity index is 1100. The Morgan fingerprint density at radius 2 is 1.90 bits per heavy atom. The number of hydrogen-bond acceptors (Lipinski definition) is 6. The first-order valence-electron chi connectivity index (χ1n) is 8.66. The van der Waals surface area contributed by atoms with Crippen LogP contribution in [0.25, 0.3) is 11.4 Å². The molecule has 29 heavy (non-hydrogen) atoms. The van der Waals surface area contributed by atoms with Gasteiger partial charge in [0.2, 0.25) is 0 Å². The third kappa shape index (κ3) is 4.27. The first-order valence-corrected chi connectivity index (χ1v) is 9.65. The van der Waals surface area contributed by atoms with Crippen molar-refractivity contribution < 1.29 is 13.5 Å². The van der Waals surface area contributed by atoms with E-state index in [-0.39, 0.29) is 5.75 Å². The number of thioether (sulfide) groups is 1. The van der Waals surface area contributed by atoms with Crippen molar-refractivity contribution >= 4 is 11.8 Å². The lowest BCUT2D eigenvalue weighted by atomic mass is 10.2. The van der Waals surface area contributed by atoms with Gasteiger partial charge in [0.25, 0.3) is 0 Å². The number of hydrogen-bond donors (Lipinski definition) is 0. The molecule has 0 saturated carbocycles. The molecule has 4 rings (SSSR count). The van der Waals surface area contributed by atoms with Crippen LogP contribution in [0.2, 0.25) is 0 Å². The Labute approximate surface area is 169 Å². The van der Waals surface area contributed by atoms with Gasteiger partial charge in [-0.05, 0) is 53.2 Å². The van der Waals surface area contributed by atoms with Crippen LogP contribution in [0.5, 0.6) is 5.75 Å². The molecule has 2 heterocycles. The van der Waals surface area contributed by atoms with Gasteiger partial charge < -0.3 is 4.74 Å². The Morgan fingerprint density at radius 3 is 2.66 bits per heavy atom. The second kappa shape index (κ2) is 8.39. The van der Waals surface area contributed by atoms with Crippen molar-refractivity contribution in [2.24, 2.45) is 0 Å². The maximum atomic E-state index is 12.3. The topological polar surface area (TPSA) is 70.7 Å². The largest absolute Gasteiger partial charge is 0.435 e. The summed E-state index contributed by atoms with van der Waals surface area (Å²) >= 11 is 1.50. The van der Waals surface area contributed by atoms with Crippen molar-refractivity contribution in [3.63, 3.8) is 0 Å². The predicted octanol–water partition coefficient (Wildman–Crippen LogP) is 4.05. The van der Waals surface area contributed by atoms with E-state index in [4.69, 9.17) is 0 Å². The summed E-state index contributed by atoms with van der Waals surface area (Å²) in [5.41, 5.74) is 2.85. The van der Waals surface area contributed by atoms with Crippen molar-refractivity contribution in [3.05, 3.63) is 72.3 Å². The molecule has 0 aliphatic carbocycles. The third-order valence-electron chi connectivity index (χ3n) is 4.15. The number of nitrogens with zero attached hydrogens (tertiary/aromatic N) is 6. The molecule has 148 valence electrons. The first kappa shape index (κ1) is 19.1. The minimum atomic E-state index is -2.86. The molecular weight excluding hydrogens is 398 g/mol. The van der Waals surface area contributed by atoms with Gasteiger partial charge in [0.05, 0.1) is 17.1 Å². The predicted molar refractivity (Wildman–Crippen MR) is 104 cm³/mol. The van der Waals surface area contributed by atoms with E-state index in [1.54, 1.807) is 23.0 Å². The molecule has 0 atom stereocenters. The highest BCUT2D eigenvalue weighted by molar-refractivity contribution is 7.98. The van der Waals surface area contributed by atoms with Gasteiger partial charge in [-0.1, -0.05) is 30.0 Å². The number of imidazole rings is 1.